The molecule has 4 aromatic rings. The first-order valence-corrected chi connectivity index (χ1v) is 13.8. The highest BCUT2D eigenvalue weighted by atomic mass is 16.3. The van der Waals surface area contributed by atoms with Crippen LogP contribution >= 0.6 is 0 Å². The van der Waals surface area contributed by atoms with E-state index in [0.29, 0.717) is 72.4 Å². The van der Waals surface area contributed by atoms with Gasteiger partial charge in [-0.1, -0.05) is 6.07 Å². The molecule has 46 heavy (non-hydrogen) atoms. The minimum Gasteiger partial charge on any atom is -0.507 e. The summed E-state index contributed by atoms with van der Waals surface area (Å²) in [7, 11) is 0. The molecule has 0 saturated carbocycles. The van der Waals surface area contributed by atoms with E-state index in [0.717, 1.165) is 5.56 Å². The molecule has 4 rings (SSSR count). The Kier molecular flexibility index (Phi) is 12.3. The summed E-state index contributed by atoms with van der Waals surface area (Å²) in [6.45, 7) is 0.462. The van der Waals surface area contributed by atoms with E-state index in [2.05, 4.69) is 41.2 Å². The molecule has 0 aliphatic heterocycles. The maximum atomic E-state index is 12.6. The highest BCUT2D eigenvalue weighted by molar-refractivity contribution is 6.09. The molecule has 18 heteroatoms. The molecule has 0 radical (unpaired) electrons. The van der Waals surface area contributed by atoms with Crippen LogP contribution < -0.4 is 44.9 Å². The Morgan fingerprint density at radius 1 is 0.891 bits per heavy atom. The van der Waals surface area contributed by atoms with Gasteiger partial charge in [0, 0.05) is 24.3 Å². The molecule has 0 aliphatic rings. The number of nitrogens with zero attached hydrogens (tertiary/aromatic N) is 5. The number of hydrogen-bond acceptors (Lipinski definition) is 14. The first kappa shape index (κ1) is 34.2. The fourth-order valence-corrected chi connectivity index (χ4v) is 4.25. The fourth-order valence-electron chi connectivity index (χ4n) is 4.25. The van der Waals surface area contributed by atoms with Gasteiger partial charge in [-0.25, -0.2) is 21.3 Å². The molecule has 0 unspecified atom stereocenters. The Balaban J connectivity index is 0.00000185. The Bertz CT molecular complexity index is 1730. The number of aromatic hydroxyl groups is 1. The number of amidine groups is 1. The van der Waals surface area contributed by atoms with Gasteiger partial charge in [-0.3, -0.25) is 14.4 Å². The van der Waals surface area contributed by atoms with Gasteiger partial charge in [0.05, 0.1) is 23.0 Å². The van der Waals surface area contributed by atoms with Crippen molar-refractivity contribution in [3.8, 4) is 5.75 Å². The van der Waals surface area contributed by atoms with E-state index < -0.39 is 5.91 Å². The van der Waals surface area contributed by atoms with Crippen LogP contribution in [0.25, 0.3) is 11.2 Å². The van der Waals surface area contributed by atoms with Crippen molar-refractivity contribution in [3.63, 3.8) is 0 Å². The fraction of sp³-hybridized carbons (Fsp3) is 0.214. The van der Waals surface area contributed by atoms with Crippen LogP contribution in [0.3, 0.4) is 0 Å². The van der Waals surface area contributed by atoms with Crippen LogP contribution in [0, 0.1) is 0 Å². The molecule has 0 saturated heterocycles. The smallest absolute Gasteiger partial charge is 0.290 e. The molecule has 18 nitrogen and oxygen atoms in total. The summed E-state index contributed by atoms with van der Waals surface area (Å²) in [6, 6.07) is 9.55. The average molecular weight is 634 g/mol. The number of carbonyl (C=O) groups is 3. The lowest BCUT2D eigenvalue weighted by Gasteiger charge is -2.11. The van der Waals surface area contributed by atoms with Gasteiger partial charge in [-0.05, 0) is 61.6 Å². The molecule has 0 spiro atoms. The SMILES string of the molecule is NN/N=C(\N)c1cc(N)ccc1C(=O)NCCCCNC(=O)c1ccc(CCc2cnc3nc(N)nc(N)c3n2)cc1O.O=CO. The van der Waals surface area contributed by atoms with Crippen molar-refractivity contribution in [2.45, 2.75) is 25.7 Å². The van der Waals surface area contributed by atoms with Gasteiger partial charge in [-0.2, -0.15) is 9.97 Å². The second kappa shape index (κ2) is 16.5. The first-order chi connectivity index (χ1) is 22.1. The number of carbonyl (C=O) groups excluding carboxylic acids is 2. The third-order valence-corrected chi connectivity index (χ3v) is 6.40. The molecule has 15 N–H and O–H groups in total. The number of phenolic OH excluding ortho intramolecular Hbond substituents is 1. The molecule has 242 valence electrons. The summed E-state index contributed by atoms with van der Waals surface area (Å²) >= 11 is 0. The van der Waals surface area contributed by atoms with E-state index in [-0.39, 0.29) is 41.3 Å². The second-order valence-electron chi connectivity index (χ2n) is 9.61. The summed E-state index contributed by atoms with van der Waals surface area (Å²) in [4.78, 5) is 50.2. The molecule has 2 amide bonds. The summed E-state index contributed by atoms with van der Waals surface area (Å²) in [5.74, 6) is 4.49. The van der Waals surface area contributed by atoms with Gasteiger partial charge >= 0.3 is 0 Å². The second-order valence-corrected chi connectivity index (χ2v) is 9.61. The molecule has 2 aromatic carbocycles. The number of hydrazine groups is 1. The van der Waals surface area contributed by atoms with Crippen LogP contribution in [0.1, 0.15) is 50.4 Å². The summed E-state index contributed by atoms with van der Waals surface area (Å²) in [5.41, 5.74) is 28.6. The predicted molar refractivity (Wildman–Crippen MR) is 171 cm³/mol. The molecule has 0 atom stereocenters. The third-order valence-electron chi connectivity index (χ3n) is 6.40. The van der Waals surface area contributed by atoms with Crippen LogP contribution in [0.2, 0.25) is 0 Å². The largest absolute Gasteiger partial charge is 0.507 e. The molecule has 0 bridgehead atoms. The number of fused-ring (bicyclic) bond motifs is 1. The van der Waals surface area contributed by atoms with Gasteiger partial charge in [0.1, 0.15) is 5.75 Å². The van der Waals surface area contributed by atoms with Crippen molar-refractivity contribution in [1.29, 1.82) is 0 Å². The van der Waals surface area contributed by atoms with Crippen molar-refractivity contribution in [1.82, 2.24) is 36.1 Å². The maximum Gasteiger partial charge on any atom is 0.290 e. The minimum absolute atomic E-state index is 0.0191. The van der Waals surface area contributed by atoms with Crippen molar-refractivity contribution in [3.05, 3.63) is 70.5 Å². The lowest BCUT2D eigenvalue weighted by atomic mass is 10.0. The number of nitrogens with one attached hydrogen (secondary N) is 3. The number of nitrogen functional groups attached to an aromatic ring is 3. The van der Waals surface area contributed by atoms with Gasteiger partial charge in [-0.15, -0.1) is 5.10 Å². The van der Waals surface area contributed by atoms with Gasteiger partial charge in [0.25, 0.3) is 18.3 Å². The zero-order valence-corrected chi connectivity index (χ0v) is 24.6. The first-order valence-electron chi connectivity index (χ1n) is 13.8. The number of rotatable bonds is 12. The highest BCUT2D eigenvalue weighted by Crippen LogP contribution is 2.21. The van der Waals surface area contributed by atoms with Gasteiger partial charge in [0.15, 0.2) is 22.8 Å². The molecule has 2 aromatic heterocycles. The highest BCUT2D eigenvalue weighted by Gasteiger charge is 2.15. The molecule has 0 fully saturated rings. The lowest BCUT2D eigenvalue weighted by molar-refractivity contribution is -0.122. The van der Waals surface area contributed by atoms with E-state index in [1.54, 1.807) is 36.5 Å². The van der Waals surface area contributed by atoms with E-state index in [1.807, 2.05) is 0 Å². The van der Waals surface area contributed by atoms with Gasteiger partial charge < -0.3 is 43.8 Å². The normalized spacial score (nSPS) is 10.8. The topological polar surface area (TPSA) is 322 Å². The number of benzene rings is 2. The molecular weight excluding hydrogens is 598 g/mol. The molecule has 2 heterocycles. The Morgan fingerprint density at radius 3 is 2.20 bits per heavy atom. The quantitative estimate of drug-likeness (QED) is 0.0177. The minimum atomic E-state index is -0.405. The number of aromatic nitrogens is 4. The number of aryl methyl sites for hydroxylation is 2. The van der Waals surface area contributed by atoms with Crippen molar-refractivity contribution in [2.24, 2.45) is 16.7 Å². The Hall–Kier alpha value is -6.30. The van der Waals surface area contributed by atoms with Crippen LogP contribution in [0.5, 0.6) is 5.75 Å². The Labute approximate surface area is 262 Å². The maximum absolute atomic E-state index is 12.6. The number of anilines is 3. The number of amides is 2. The number of nitrogens with two attached hydrogens (primary N) is 5. The van der Waals surface area contributed by atoms with Crippen LogP contribution in [-0.4, -0.2) is 67.4 Å². The van der Waals surface area contributed by atoms with E-state index in [9.17, 15) is 14.7 Å². The van der Waals surface area contributed by atoms with Crippen molar-refractivity contribution >= 4 is 52.7 Å². The molecular formula is C28H35N13O5. The van der Waals surface area contributed by atoms with Crippen molar-refractivity contribution in [2.75, 3.05) is 30.3 Å². The van der Waals surface area contributed by atoms with Crippen LogP contribution in [0.15, 0.2) is 47.7 Å². The van der Waals surface area contributed by atoms with Gasteiger partial charge in [0.2, 0.25) is 5.95 Å². The Morgan fingerprint density at radius 2 is 1.54 bits per heavy atom. The zero-order chi connectivity index (χ0) is 33.6. The standard InChI is InChI=1S/C27H33N13O3.CH2O2/c28-15-5-8-17(19(12-15)22(29)39-40-32)25(42)33-9-1-2-10-34-26(43)18-7-4-14(11-20(18)41)3-6-16-13-35-24-21(36-16)23(30)37-27(31)38-24;2-1-3/h4-5,7-8,11-13,40-41H,1-3,6,9-10,28,32H2,(H2,29,39)(H,33,42)(H,34,43)(H4,30,31,35,37,38);1H,(H,2,3). The van der Waals surface area contributed by atoms with Crippen molar-refractivity contribution < 1.29 is 24.6 Å². The van der Waals surface area contributed by atoms with Crippen LogP contribution in [0.4, 0.5) is 17.5 Å². The van der Waals surface area contributed by atoms with Crippen LogP contribution in [-0.2, 0) is 17.6 Å². The predicted octanol–water partition coefficient (Wildman–Crippen LogP) is -0.618. The van der Waals surface area contributed by atoms with E-state index in [4.69, 9.17) is 38.7 Å². The summed E-state index contributed by atoms with van der Waals surface area (Å²) < 4.78 is 0. The number of hydrogen-bond donors (Lipinski definition) is 10. The summed E-state index contributed by atoms with van der Waals surface area (Å²) in [6.07, 6.45) is 3.83. The average Bonchev–Trinajstić information content (AvgIpc) is 3.02. The zero-order valence-electron chi connectivity index (χ0n) is 24.6. The number of phenols is 1. The van der Waals surface area contributed by atoms with E-state index in [1.165, 1.54) is 6.07 Å². The van der Waals surface area contributed by atoms with E-state index >= 15 is 0 Å². The lowest BCUT2D eigenvalue weighted by Crippen LogP contribution is -2.30. The number of carboxylic acid groups (broad SMARTS) is 1. The summed E-state index contributed by atoms with van der Waals surface area (Å²) in [5, 5.41) is 26.6. The number of hydrazone groups is 1. The monoisotopic (exact) mass is 633 g/mol. The third kappa shape index (κ3) is 9.35. The molecule has 0 aliphatic carbocycles. The number of unbranched alkanes of at least 4 members (excludes halogenated alkanes) is 1.